The number of hydrogen-bond donors (Lipinski definition) is 1. The van der Waals surface area contributed by atoms with E-state index in [2.05, 4.69) is 5.32 Å². The second-order valence-electron chi connectivity index (χ2n) is 4.29. The van der Waals surface area contributed by atoms with Crippen LogP contribution in [0.5, 0.6) is 0 Å². The van der Waals surface area contributed by atoms with Gasteiger partial charge in [0.2, 0.25) is 0 Å². The first-order chi connectivity index (χ1) is 9.65. The van der Waals surface area contributed by atoms with Crippen LogP contribution in [0, 0.1) is 0 Å². The third kappa shape index (κ3) is 3.00. The normalized spacial score (nSPS) is 15.2. The third-order valence-electron chi connectivity index (χ3n) is 2.88. The molecule has 0 aliphatic carbocycles. The molecule has 0 radical (unpaired) electrons. The van der Waals surface area contributed by atoms with E-state index in [1.807, 2.05) is 18.2 Å². The average molecular weight is 295 g/mol. The maximum atomic E-state index is 12.2. The van der Waals surface area contributed by atoms with E-state index in [0.29, 0.717) is 25.3 Å². The lowest BCUT2D eigenvalue weighted by Crippen LogP contribution is -2.33. The van der Waals surface area contributed by atoms with E-state index < -0.39 is 11.8 Å². The SMILES string of the molecule is COCCCN1C(=O)C(Cl)=C(Nc2ccccc2)C1=O. The maximum absolute atomic E-state index is 12.2. The van der Waals surface area contributed by atoms with E-state index in [1.165, 1.54) is 0 Å². The van der Waals surface area contributed by atoms with Crippen LogP contribution in [-0.4, -0.2) is 37.0 Å². The highest BCUT2D eigenvalue weighted by atomic mass is 35.5. The van der Waals surface area contributed by atoms with Crippen molar-refractivity contribution in [1.29, 1.82) is 0 Å². The predicted octanol–water partition coefficient (Wildman–Crippen LogP) is 1.95. The van der Waals surface area contributed by atoms with Crippen LogP contribution >= 0.6 is 11.6 Å². The molecule has 5 nitrogen and oxygen atoms in total. The summed E-state index contributed by atoms with van der Waals surface area (Å²) in [6.45, 7) is 0.776. The number of benzene rings is 1. The Kier molecular flexibility index (Phi) is 4.76. The van der Waals surface area contributed by atoms with Gasteiger partial charge in [-0.25, -0.2) is 0 Å². The monoisotopic (exact) mass is 294 g/mol. The van der Waals surface area contributed by atoms with Crippen molar-refractivity contribution in [3.8, 4) is 0 Å². The standard InChI is InChI=1S/C14H15ClN2O3/c1-20-9-5-8-17-13(18)11(15)12(14(17)19)16-10-6-3-2-4-7-10/h2-4,6-7,16H,5,8-9H2,1H3. The van der Waals surface area contributed by atoms with Crippen LogP contribution in [0.25, 0.3) is 0 Å². The zero-order chi connectivity index (χ0) is 14.5. The van der Waals surface area contributed by atoms with Crippen LogP contribution < -0.4 is 5.32 Å². The van der Waals surface area contributed by atoms with Crippen LogP contribution in [0.4, 0.5) is 5.69 Å². The molecular weight excluding hydrogens is 280 g/mol. The van der Waals surface area contributed by atoms with Gasteiger partial charge < -0.3 is 10.1 Å². The first-order valence-electron chi connectivity index (χ1n) is 6.22. The lowest BCUT2D eigenvalue weighted by atomic mass is 10.3. The predicted molar refractivity (Wildman–Crippen MR) is 76.2 cm³/mol. The van der Waals surface area contributed by atoms with E-state index >= 15 is 0 Å². The van der Waals surface area contributed by atoms with Gasteiger partial charge in [0.1, 0.15) is 10.7 Å². The van der Waals surface area contributed by atoms with Gasteiger partial charge in [0, 0.05) is 25.9 Å². The van der Waals surface area contributed by atoms with E-state index in [0.717, 1.165) is 4.90 Å². The number of anilines is 1. The highest BCUT2D eigenvalue weighted by molar-refractivity contribution is 6.48. The molecule has 2 amide bonds. The zero-order valence-corrected chi connectivity index (χ0v) is 11.8. The first-order valence-corrected chi connectivity index (χ1v) is 6.60. The fourth-order valence-electron chi connectivity index (χ4n) is 1.89. The van der Waals surface area contributed by atoms with Gasteiger partial charge in [0.25, 0.3) is 11.8 Å². The van der Waals surface area contributed by atoms with Gasteiger partial charge in [0.05, 0.1) is 0 Å². The number of rotatable bonds is 6. The average Bonchev–Trinajstić information content (AvgIpc) is 2.66. The van der Waals surface area contributed by atoms with E-state index in [9.17, 15) is 9.59 Å². The lowest BCUT2D eigenvalue weighted by Gasteiger charge is -2.14. The van der Waals surface area contributed by atoms with Crippen molar-refractivity contribution in [1.82, 2.24) is 4.90 Å². The number of carbonyl (C=O) groups is 2. The van der Waals surface area contributed by atoms with Crippen molar-refractivity contribution >= 4 is 29.1 Å². The van der Waals surface area contributed by atoms with Crippen molar-refractivity contribution in [2.24, 2.45) is 0 Å². The van der Waals surface area contributed by atoms with Gasteiger partial charge in [-0.2, -0.15) is 0 Å². The Labute approximate surface area is 122 Å². The van der Waals surface area contributed by atoms with E-state index in [4.69, 9.17) is 16.3 Å². The topological polar surface area (TPSA) is 58.6 Å². The fourth-order valence-corrected chi connectivity index (χ4v) is 2.12. The minimum atomic E-state index is -0.466. The number of nitrogens with one attached hydrogen (secondary N) is 1. The molecule has 0 saturated heterocycles. The van der Waals surface area contributed by atoms with Gasteiger partial charge in [-0.3, -0.25) is 14.5 Å². The highest BCUT2D eigenvalue weighted by Gasteiger charge is 2.37. The maximum Gasteiger partial charge on any atom is 0.278 e. The number of ether oxygens (including phenoxy) is 1. The molecule has 2 rings (SSSR count). The number of amides is 2. The molecule has 0 aromatic heterocycles. The Morgan fingerprint density at radius 2 is 1.90 bits per heavy atom. The molecule has 1 aromatic carbocycles. The zero-order valence-electron chi connectivity index (χ0n) is 11.1. The smallest absolute Gasteiger partial charge is 0.278 e. The molecule has 0 saturated carbocycles. The Hall–Kier alpha value is -1.85. The Morgan fingerprint density at radius 3 is 2.55 bits per heavy atom. The van der Waals surface area contributed by atoms with Gasteiger partial charge >= 0.3 is 0 Å². The number of para-hydroxylation sites is 1. The van der Waals surface area contributed by atoms with Crippen molar-refractivity contribution < 1.29 is 14.3 Å². The summed E-state index contributed by atoms with van der Waals surface area (Å²) in [6.07, 6.45) is 0.580. The van der Waals surface area contributed by atoms with Crippen LogP contribution in [0.15, 0.2) is 41.1 Å². The number of methoxy groups -OCH3 is 1. The minimum Gasteiger partial charge on any atom is -0.385 e. The van der Waals surface area contributed by atoms with Crippen LogP contribution in [0.2, 0.25) is 0 Å². The number of carbonyl (C=O) groups excluding carboxylic acids is 2. The molecule has 0 fully saturated rings. The molecular formula is C14H15ClN2O3. The Balaban J connectivity index is 2.09. The minimum absolute atomic E-state index is 0.0729. The van der Waals surface area contributed by atoms with Gasteiger partial charge in [-0.05, 0) is 18.6 Å². The second-order valence-corrected chi connectivity index (χ2v) is 4.67. The van der Waals surface area contributed by atoms with Crippen molar-refractivity contribution in [2.45, 2.75) is 6.42 Å². The molecule has 0 spiro atoms. The number of hydrogen-bond acceptors (Lipinski definition) is 4. The van der Waals surface area contributed by atoms with Crippen molar-refractivity contribution in [3.63, 3.8) is 0 Å². The molecule has 6 heteroatoms. The molecule has 1 aliphatic heterocycles. The summed E-state index contributed by atoms with van der Waals surface area (Å²) in [5.74, 6) is -0.869. The van der Waals surface area contributed by atoms with Crippen LogP contribution in [-0.2, 0) is 14.3 Å². The molecule has 1 heterocycles. The molecule has 0 bridgehead atoms. The largest absolute Gasteiger partial charge is 0.385 e. The van der Waals surface area contributed by atoms with Crippen LogP contribution in [0.3, 0.4) is 0 Å². The summed E-state index contributed by atoms with van der Waals surface area (Å²) in [6, 6.07) is 9.10. The van der Waals surface area contributed by atoms with Crippen molar-refractivity contribution in [2.75, 3.05) is 25.6 Å². The van der Waals surface area contributed by atoms with Gasteiger partial charge in [0.15, 0.2) is 0 Å². The summed E-state index contributed by atoms with van der Waals surface area (Å²) < 4.78 is 4.91. The van der Waals surface area contributed by atoms with Gasteiger partial charge in [-0.1, -0.05) is 29.8 Å². The van der Waals surface area contributed by atoms with E-state index in [1.54, 1.807) is 19.2 Å². The number of imide groups is 1. The second kappa shape index (κ2) is 6.54. The molecule has 1 aliphatic rings. The number of halogens is 1. The third-order valence-corrected chi connectivity index (χ3v) is 3.24. The lowest BCUT2D eigenvalue weighted by molar-refractivity contribution is -0.137. The van der Waals surface area contributed by atoms with Crippen LogP contribution in [0.1, 0.15) is 6.42 Å². The molecule has 20 heavy (non-hydrogen) atoms. The quantitative estimate of drug-likeness (QED) is 0.643. The molecule has 0 atom stereocenters. The Bertz CT molecular complexity index is 543. The summed E-state index contributed by atoms with van der Waals surface area (Å²) in [7, 11) is 1.57. The number of nitrogens with zero attached hydrogens (tertiary/aromatic N) is 1. The highest BCUT2D eigenvalue weighted by Crippen LogP contribution is 2.25. The molecule has 1 aromatic rings. The Morgan fingerprint density at radius 1 is 1.20 bits per heavy atom. The fraction of sp³-hybridized carbons (Fsp3) is 0.286. The summed E-state index contributed by atoms with van der Waals surface area (Å²) in [5.41, 5.74) is 0.834. The summed E-state index contributed by atoms with van der Waals surface area (Å²) in [4.78, 5) is 25.3. The summed E-state index contributed by atoms with van der Waals surface area (Å²) >= 11 is 5.95. The van der Waals surface area contributed by atoms with Gasteiger partial charge in [-0.15, -0.1) is 0 Å². The molecule has 1 N–H and O–H groups in total. The first kappa shape index (κ1) is 14.6. The molecule has 106 valence electrons. The summed E-state index contributed by atoms with van der Waals surface area (Å²) in [5, 5.41) is 2.82. The van der Waals surface area contributed by atoms with E-state index in [-0.39, 0.29) is 10.7 Å². The molecule has 0 unspecified atom stereocenters. The van der Waals surface area contributed by atoms with Crippen molar-refractivity contribution in [3.05, 3.63) is 41.1 Å².